The van der Waals surface area contributed by atoms with Crippen LogP contribution in [0.25, 0.3) is 0 Å². The topological polar surface area (TPSA) is 35.2 Å². The minimum atomic E-state index is 0.187. The van der Waals surface area contributed by atoms with Crippen LogP contribution in [-0.2, 0) is 4.74 Å². The molecule has 98 valence electrons. The van der Waals surface area contributed by atoms with Gasteiger partial charge < -0.3 is 10.5 Å². The second-order valence-corrected chi connectivity index (χ2v) is 5.26. The molecule has 0 aromatic carbocycles. The lowest BCUT2D eigenvalue weighted by molar-refractivity contribution is 0.0367. The molecule has 2 N–H and O–H groups in total. The first-order valence-electron chi connectivity index (χ1n) is 6.85. The molecule has 0 heterocycles. The standard InChI is InChI=1S/C14H31NO/c1-6-8-9-12(7-2)10-13(15)14(16-5)11(3)4/h11-14H,6-10,15H2,1-5H3. The summed E-state index contributed by atoms with van der Waals surface area (Å²) >= 11 is 0. The average molecular weight is 229 g/mol. The van der Waals surface area contributed by atoms with E-state index < -0.39 is 0 Å². The highest BCUT2D eigenvalue weighted by molar-refractivity contribution is 4.78. The Kier molecular flexibility index (Phi) is 8.96. The molecule has 2 heteroatoms. The highest BCUT2D eigenvalue weighted by atomic mass is 16.5. The Labute approximate surface area is 102 Å². The Morgan fingerprint density at radius 1 is 1.19 bits per heavy atom. The lowest BCUT2D eigenvalue weighted by Gasteiger charge is -2.28. The molecule has 0 amide bonds. The Morgan fingerprint density at radius 2 is 1.81 bits per heavy atom. The Balaban J connectivity index is 4.10. The molecule has 0 fully saturated rings. The number of hydrogen-bond donors (Lipinski definition) is 1. The van der Waals surface area contributed by atoms with Gasteiger partial charge >= 0.3 is 0 Å². The van der Waals surface area contributed by atoms with Crippen LogP contribution in [0.3, 0.4) is 0 Å². The van der Waals surface area contributed by atoms with E-state index in [-0.39, 0.29) is 12.1 Å². The minimum absolute atomic E-state index is 0.187. The molecule has 3 atom stereocenters. The van der Waals surface area contributed by atoms with E-state index in [1.165, 1.54) is 25.7 Å². The van der Waals surface area contributed by atoms with Crippen LogP contribution in [0.5, 0.6) is 0 Å². The van der Waals surface area contributed by atoms with Gasteiger partial charge in [0.05, 0.1) is 6.10 Å². The summed E-state index contributed by atoms with van der Waals surface area (Å²) in [7, 11) is 1.78. The number of rotatable bonds is 9. The van der Waals surface area contributed by atoms with E-state index in [9.17, 15) is 0 Å². The van der Waals surface area contributed by atoms with Crippen molar-refractivity contribution in [2.24, 2.45) is 17.6 Å². The van der Waals surface area contributed by atoms with Crippen LogP contribution in [-0.4, -0.2) is 19.3 Å². The van der Waals surface area contributed by atoms with E-state index in [1.807, 2.05) is 0 Å². The number of unbranched alkanes of at least 4 members (excludes halogenated alkanes) is 1. The number of methoxy groups -OCH3 is 1. The molecule has 0 radical (unpaired) electrons. The third-order valence-corrected chi connectivity index (χ3v) is 3.50. The van der Waals surface area contributed by atoms with Crippen molar-refractivity contribution in [1.29, 1.82) is 0 Å². The first-order valence-corrected chi connectivity index (χ1v) is 6.85. The number of ether oxygens (including phenoxy) is 1. The molecule has 0 aliphatic carbocycles. The summed E-state index contributed by atoms with van der Waals surface area (Å²) in [6, 6.07) is 0.187. The fourth-order valence-electron chi connectivity index (χ4n) is 2.44. The second kappa shape index (κ2) is 9.00. The molecule has 0 spiro atoms. The molecule has 0 bridgehead atoms. The summed E-state index contributed by atoms with van der Waals surface area (Å²) in [6.07, 6.45) is 6.47. The molecular formula is C14H31NO. The Hall–Kier alpha value is -0.0800. The molecule has 0 rings (SSSR count). The predicted molar refractivity (Wildman–Crippen MR) is 71.5 cm³/mol. The fourth-order valence-corrected chi connectivity index (χ4v) is 2.44. The molecular weight excluding hydrogens is 198 g/mol. The molecule has 0 aliphatic heterocycles. The van der Waals surface area contributed by atoms with Crippen LogP contribution in [0.15, 0.2) is 0 Å². The van der Waals surface area contributed by atoms with Crippen LogP contribution >= 0.6 is 0 Å². The van der Waals surface area contributed by atoms with E-state index in [2.05, 4.69) is 27.7 Å². The van der Waals surface area contributed by atoms with Gasteiger partial charge in [0.1, 0.15) is 0 Å². The van der Waals surface area contributed by atoms with Gasteiger partial charge in [0.25, 0.3) is 0 Å². The predicted octanol–water partition coefficient (Wildman–Crippen LogP) is 3.59. The molecule has 0 aliphatic rings. The van der Waals surface area contributed by atoms with E-state index in [4.69, 9.17) is 10.5 Å². The van der Waals surface area contributed by atoms with E-state index >= 15 is 0 Å². The highest BCUT2D eigenvalue weighted by Gasteiger charge is 2.23. The van der Waals surface area contributed by atoms with Crippen molar-refractivity contribution in [3.05, 3.63) is 0 Å². The van der Waals surface area contributed by atoms with Crippen LogP contribution in [0.4, 0.5) is 0 Å². The molecule has 16 heavy (non-hydrogen) atoms. The zero-order chi connectivity index (χ0) is 12.6. The van der Waals surface area contributed by atoms with Crippen LogP contribution < -0.4 is 5.73 Å². The highest BCUT2D eigenvalue weighted by Crippen LogP contribution is 2.21. The maximum atomic E-state index is 6.25. The minimum Gasteiger partial charge on any atom is -0.380 e. The summed E-state index contributed by atoms with van der Waals surface area (Å²) in [5.41, 5.74) is 6.25. The molecule has 0 aromatic rings. The Bertz CT molecular complexity index is 159. The maximum absolute atomic E-state index is 6.25. The van der Waals surface area contributed by atoms with Gasteiger partial charge in [-0.3, -0.25) is 0 Å². The van der Waals surface area contributed by atoms with Gasteiger partial charge in [-0.25, -0.2) is 0 Å². The molecule has 3 unspecified atom stereocenters. The van der Waals surface area contributed by atoms with Crippen molar-refractivity contribution in [3.8, 4) is 0 Å². The molecule has 0 saturated carbocycles. The smallest absolute Gasteiger partial charge is 0.0745 e. The normalized spacial score (nSPS) is 17.4. The van der Waals surface area contributed by atoms with Crippen LogP contribution in [0.2, 0.25) is 0 Å². The Morgan fingerprint density at radius 3 is 2.19 bits per heavy atom. The van der Waals surface area contributed by atoms with Gasteiger partial charge in [0.15, 0.2) is 0 Å². The van der Waals surface area contributed by atoms with Crippen molar-refractivity contribution in [2.45, 2.75) is 71.9 Å². The molecule has 2 nitrogen and oxygen atoms in total. The monoisotopic (exact) mass is 229 g/mol. The third-order valence-electron chi connectivity index (χ3n) is 3.50. The third kappa shape index (κ3) is 5.86. The zero-order valence-corrected chi connectivity index (χ0v) is 11.8. The van der Waals surface area contributed by atoms with Gasteiger partial charge in [0.2, 0.25) is 0 Å². The largest absolute Gasteiger partial charge is 0.380 e. The van der Waals surface area contributed by atoms with E-state index in [1.54, 1.807) is 7.11 Å². The lowest BCUT2D eigenvalue weighted by Crippen LogP contribution is -2.41. The summed E-state index contributed by atoms with van der Waals surface area (Å²) in [5.74, 6) is 1.27. The molecule has 0 aromatic heterocycles. The first kappa shape index (κ1) is 15.9. The average Bonchev–Trinajstić information content (AvgIpc) is 2.24. The zero-order valence-electron chi connectivity index (χ0n) is 11.8. The maximum Gasteiger partial charge on any atom is 0.0745 e. The quantitative estimate of drug-likeness (QED) is 0.656. The summed E-state index contributed by atoms with van der Waals surface area (Å²) in [6.45, 7) is 8.88. The van der Waals surface area contributed by atoms with E-state index in [0.29, 0.717) is 5.92 Å². The van der Waals surface area contributed by atoms with Crippen molar-refractivity contribution in [3.63, 3.8) is 0 Å². The molecule has 0 saturated heterocycles. The summed E-state index contributed by atoms with van der Waals surface area (Å²) in [4.78, 5) is 0. The second-order valence-electron chi connectivity index (χ2n) is 5.26. The van der Waals surface area contributed by atoms with Gasteiger partial charge in [-0.1, -0.05) is 53.4 Å². The lowest BCUT2D eigenvalue weighted by atomic mass is 9.87. The summed E-state index contributed by atoms with van der Waals surface area (Å²) in [5, 5.41) is 0. The van der Waals surface area contributed by atoms with Crippen molar-refractivity contribution >= 4 is 0 Å². The first-order chi connectivity index (χ1) is 7.56. The van der Waals surface area contributed by atoms with Gasteiger partial charge in [-0.05, 0) is 18.3 Å². The van der Waals surface area contributed by atoms with Crippen LogP contribution in [0, 0.1) is 11.8 Å². The van der Waals surface area contributed by atoms with E-state index in [0.717, 1.165) is 12.3 Å². The van der Waals surface area contributed by atoms with Crippen molar-refractivity contribution in [2.75, 3.05) is 7.11 Å². The van der Waals surface area contributed by atoms with Crippen LogP contribution in [0.1, 0.15) is 59.8 Å². The van der Waals surface area contributed by atoms with Crippen molar-refractivity contribution < 1.29 is 4.74 Å². The van der Waals surface area contributed by atoms with Gasteiger partial charge in [-0.2, -0.15) is 0 Å². The fraction of sp³-hybridized carbons (Fsp3) is 1.00. The number of nitrogens with two attached hydrogens (primary N) is 1. The SMILES string of the molecule is CCCCC(CC)CC(N)C(OC)C(C)C. The van der Waals surface area contributed by atoms with Gasteiger partial charge in [-0.15, -0.1) is 0 Å². The van der Waals surface area contributed by atoms with Gasteiger partial charge in [0, 0.05) is 13.2 Å². The summed E-state index contributed by atoms with van der Waals surface area (Å²) < 4.78 is 5.50. The number of hydrogen-bond acceptors (Lipinski definition) is 2. The van der Waals surface area contributed by atoms with Crippen molar-refractivity contribution in [1.82, 2.24) is 0 Å².